The summed E-state index contributed by atoms with van der Waals surface area (Å²) in [7, 11) is 3.25. The molecule has 0 aromatic heterocycles. The number of ether oxygens (including phenoxy) is 2. The molecule has 0 amide bonds. The zero-order valence-electron chi connectivity index (χ0n) is 24.3. The van der Waals surface area contributed by atoms with Crippen LogP contribution in [0.5, 0.6) is 11.5 Å². The molecule has 34 heavy (non-hydrogen) atoms. The van der Waals surface area contributed by atoms with Crippen molar-refractivity contribution >= 4 is 0 Å². The quantitative estimate of drug-likeness (QED) is 0.327. The van der Waals surface area contributed by atoms with Gasteiger partial charge < -0.3 is 14.6 Å². The zero-order chi connectivity index (χ0) is 25.9. The first-order chi connectivity index (χ1) is 16.0. The van der Waals surface area contributed by atoms with Gasteiger partial charge in [-0.05, 0) is 87.8 Å². The van der Waals surface area contributed by atoms with Crippen LogP contribution in [-0.4, -0.2) is 24.9 Å². The first-order valence-corrected chi connectivity index (χ1v) is 13.9. The summed E-state index contributed by atoms with van der Waals surface area (Å²) in [5.74, 6) is 4.04. The van der Waals surface area contributed by atoms with Crippen molar-refractivity contribution in [3.05, 3.63) is 22.3 Å². The van der Waals surface area contributed by atoms with Crippen molar-refractivity contribution in [2.75, 3.05) is 14.2 Å². The molecule has 3 atom stereocenters. The minimum atomic E-state index is -0.0712. The van der Waals surface area contributed by atoms with Crippen molar-refractivity contribution in [1.29, 1.82) is 0 Å². The molecule has 3 nitrogen and oxygen atoms in total. The highest BCUT2D eigenvalue weighted by atomic mass is 16.5. The molecule has 0 aliphatic carbocycles. The third-order valence-electron chi connectivity index (χ3n) is 7.87. The lowest BCUT2D eigenvalue weighted by atomic mass is 9.84. The first kappa shape index (κ1) is 30.8. The number of aromatic hydroxyl groups is 1. The number of methoxy groups -OCH3 is 1. The van der Waals surface area contributed by atoms with E-state index >= 15 is 0 Å². The molecule has 3 heteroatoms. The molecule has 1 aliphatic rings. The molecule has 0 bridgehead atoms. The van der Waals surface area contributed by atoms with Gasteiger partial charge in [0.2, 0.25) is 0 Å². The third-order valence-corrected chi connectivity index (χ3v) is 7.87. The molecule has 2 unspecified atom stereocenters. The van der Waals surface area contributed by atoms with E-state index in [1.165, 1.54) is 56.9 Å². The van der Waals surface area contributed by atoms with E-state index in [-0.39, 0.29) is 5.60 Å². The van der Waals surface area contributed by atoms with Crippen molar-refractivity contribution < 1.29 is 14.6 Å². The van der Waals surface area contributed by atoms with Crippen LogP contribution >= 0.6 is 0 Å². The van der Waals surface area contributed by atoms with Gasteiger partial charge >= 0.3 is 0 Å². The van der Waals surface area contributed by atoms with E-state index in [0.717, 1.165) is 59.5 Å². The van der Waals surface area contributed by atoms with Crippen LogP contribution in [0.2, 0.25) is 0 Å². The molecule has 0 spiro atoms. The topological polar surface area (TPSA) is 38.7 Å². The van der Waals surface area contributed by atoms with Crippen LogP contribution in [0.3, 0.4) is 0 Å². The Kier molecular flexibility index (Phi) is 13.6. The summed E-state index contributed by atoms with van der Waals surface area (Å²) in [4.78, 5) is 0. The summed E-state index contributed by atoms with van der Waals surface area (Å²) >= 11 is 0. The van der Waals surface area contributed by atoms with Crippen molar-refractivity contribution in [1.82, 2.24) is 0 Å². The van der Waals surface area contributed by atoms with E-state index in [2.05, 4.69) is 46.3 Å². The standard InChI is InChI=1S/C29H50O2.C2H6O/c1-20(2)12-9-13-21(3)14-10-15-22(4)16-11-18-29(8)19-17-26-25(7)27(30)23(5)24(6)28(26)31-29;1-3-2/h20-22,30H,9-19H2,1-8H3;1-2H3/t21?,22?,29-;/m1./s1. The molecule has 0 fully saturated rings. The molecule has 0 radical (unpaired) electrons. The van der Waals surface area contributed by atoms with Crippen LogP contribution in [0.1, 0.15) is 121 Å². The van der Waals surface area contributed by atoms with E-state index in [1.54, 1.807) is 14.2 Å². The molecule has 1 aliphatic heterocycles. The monoisotopic (exact) mass is 476 g/mol. The zero-order valence-corrected chi connectivity index (χ0v) is 24.3. The predicted octanol–water partition coefficient (Wildman–Crippen LogP) is 9.10. The van der Waals surface area contributed by atoms with Gasteiger partial charge in [-0.25, -0.2) is 0 Å². The Labute approximate surface area is 212 Å². The van der Waals surface area contributed by atoms with E-state index in [4.69, 9.17) is 4.74 Å². The summed E-state index contributed by atoms with van der Waals surface area (Å²) in [5, 5.41) is 10.4. The minimum Gasteiger partial charge on any atom is -0.507 e. The molecular formula is C31H56O3. The third kappa shape index (κ3) is 9.80. The number of benzene rings is 1. The highest BCUT2D eigenvalue weighted by Gasteiger charge is 2.34. The predicted molar refractivity (Wildman–Crippen MR) is 147 cm³/mol. The Bertz CT molecular complexity index is 724. The first-order valence-electron chi connectivity index (χ1n) is 13.9. The number of fused-ring (bicyclic) bond motifs is 1. The second-order valence-electron chi connectivity index (χ2n) is 11.8. The van der Waals surface area contributed by atoms with Gasteiger partial charge in [-0.15, -0.1) is 0 Å². The maximum atomic E-state index is 10.4. The molecule has 198 valence electrons. The van der Waals surface area contributed by atoms with Crippen LogP contribution in [0.4, 0.5) is 0 Å². The number of phenols is 1. The second-order valence-corrected chi connectivity index (χ2v) is 11.8. The molecule has 1 heterocycles. The van der Waals surface area contributed by atoms with Gasteiger partial charge in [0, 0.05) is 19.8 Å². The van der Waals surface area contributed by atoms with Gasteiger partial charge in [-0.1, -0.05) is 72.6 Å². The lowest BCUT2D eigenvalue weighted by Crippen LogP contribution is -2.37. The maximum absolute atomic E-state index is 10.4. The van der Waals surface area contributed by atoms with Gasteiger partial charge in [-0.2, -0.15) is 0 Å². The Morgan fingerprint density at radius 1 is 0.824 bits per heavy atom. The fraction of sp³-hybridized carbons (Fsp3) is 0.806. The van der Waals surface area contributed by atoms with E-state index < -0.39 is 0 Å². The van der Waals surface area contributed by atoms with Crippen LogP contribution in [0, 0.1) is 38.5 Å². The van der Waals surface area contributed by atoms with Gasteiger partial charge in [0.05, 0.1) is 0 Å². The van der Waals surface area contributed by atoms with Crippen LogP contribution in [0.25, 0.3) is 0 Å². The Hall–Kier alpha value is -1.22. The van der Waals surface area contributed by atoms with Crippen LogP contribution in [-0.2, 0) is 11.2 Å². The van der Waals surface area contributed by atoms with Crippen molar-refractivity contribution in [2.45, 2.75) is 132 Å². The maximum Gasteiger partial charge on any atom is 0.127 e. The SMILES string of the molecule is COC.Cc1c(C)c2c(c(C)c1O)CC[C@@](C)(CCCC(C)CCCC(C)CCCC(C)C)O2. The van der Waals surface area contributed by atoms with E-state index in [0.29, 0.717) is 5.75 Å². The minimum absolute atomic E-state index is 0.0712. The lowest BCUT2D eigenvalue weighted by molar-refractivity contribution is 0.0512. The number of phenolic OH excluding ortho intramolecular Hbond substituents is 1. The second kappa shape index (κ2) is 15.0. The largest absolute Gasteiger partial charge is 0.507 e. The molecule has 1 aromatic carbocycles. The van der Waals surface area contributed by atoms with Gasteiger partial charge in [0.25, 0.3) is 0 Å². The fourth-order valence-electron chi connectivity index (χ4n) is 5.27. The molecule has 1 aromatic rings. The molecule has 2 rings (SSSR count). The smallest absolute Gasteiger partial charge is 0.127 e. The molecular weight excluding hydrogens is 420 g/mol. The summed E-state index contributed by atoms with van der Waals surface area (Å²) in [6.07, 6.45) is 14.1. The fourth-order valence-corrected chi connectivity index (χ4v) is 5.27. The Morgan fingerprint density at radius 2 is 1.32 bits per heavy atom. The number of hydrogen-bond donors (Lipinski definition) is 1. The highest BCUT2D eigenvalue weighted by molar-refractivity contribution is 5.58. The average molecular weight is 477 g/mol. The van der Waals surface area contributed by atoms with Gasteiger partial charge in [0.15, 0.2) is 0 Å². The normalized spacial score (nSPS) is 19.1. The summed E-state index contributed by atoms with van der Waals surface area (Å²) in [6, 6.07) is 0. The van der Waals surface area contributed by atoms with Gasteiger partial charge in [-0.3, -0.25) is 0 Å². The summed E-state index contributed by atoms with van der Waals surface area (Å²) in [6.45, 7) is 17.9. The molecule has 0 saturated heterocycles. The molecule has 1 N–H and O–H groups in total. The lowest BCUT2D eigenvalue weighted by Gasteiger charge is -2.38. The number of hydrogen-bond acceptors (Lipinski definition) is 3. The number of rotatable bonds is 12. The van der Waals surface area contributed by atoms with E-state index in [1.807, 2.05) is 13.8 Å². The van der Waals surface area contributed by atoms with Crippen LogP contribution < -0.4 is 4.74 Å². The van der Waals surface area contributed by atoms with Gasteiger partial charge in [0.1, 0.15) is 17.1 Å². The molecule has 0 saturated carbocycles. The van der Waals surface area contributed by atoms with Crippen molar-refractivity contribution in [2.24, 2.45) is 17.8 Å². The average Bonchev–Trinajstić information content (AvgIpc) is 2.76. The van der Waals surface area contributed by atoms with Crippen molar-refractivity contribution in [3.63, 3.8) is 0 Å². The Balaban J connectivity index is 0.00000182. The van der Waals surface area contributed by atoms with Crippen molar-refractivity contribution in [3.8, 4) is 11.5 Å². The summed E-state index contributed by atoms with van der Waals surface area (Å²) < 4.78 is 10.9. The highest BCUT2D eigenvalue weighted by Crippen LogP contribution is 2.44. The van der Waals surface area contributed by atoms with Crippen LogP contribution in [0.15, 0.2) is 0 Å². The Morgan fingerprint density at radius 3 is 1.85 bits per heavy atom. The summed E-state index contributed by atoms with van der Waals surface area (Å²) in [5.41, 5.74) is 4.23. The van der Waals surface area contributed by atoms with E-state index in [9.17, 15) is 5.11 Å².